The fourth-order valence-corrected chi connectivity index (χ4v) is 6.09. The number of aromatic nitrogens is 1. The first-order valence-electron chi connectivity index (χ1n) is 10.1. The van der Waals surface area contributed by atoms with Crippen molar-refractivity contribution < 1.29 is 14.3 Å². The number of piperidine rings is 1. The molecule has 0 saturated carbocycles. The molecule has 5 nitrogen and oxygen atoms in total. The maximum absolute atomic E-state index is 13.0. The second kappa shape index (κ2) is 5.46. The first-order chi connectivity index (χ1) is 13.2. The van der Waals surface area contributed by atoms with Crippen LogP contribution in [0.4, 0.5) is 0 Å². The molecular weight excluding hydrogens is 340 g/mol. The summed E-state index contributed by atoms with van der Waals surface area (Å²) in [4.78, 5) is 15.6. The van der Waals surface area contributed by atoms with Gasteiger partial charge < -0.3 is 14.0 Å². The third-order valence-electron chi connectivity index (χ3n) is 7.07. The van der Waals surface area contributed by atoms with Gasteiger partial charge in [0.25, 0.3) is 0 Å². The molecule has 0 bridgehead atoms. The zero-order valence-electron chi connectivity index (χ0n) is 15.6. The summed E-state index contributed by atoms with van der Waals surface area (Å²) in [6.45, 7) is 5.19. The molecule has 2 fully saturated rings. The van der Waals surface area contributed by atoms with Crippen LogP contribution in [-0.4, -0.2) is 47.8 Å². The van der Waals surface area contributed by atoms with Crippen LogP contribution in [0.5, 0.6) is 0 Å². The fraction of sp³-hybridized carbons (Fsp3) is 0.500. The number of hydrogen-bond donors (Lipinski definition) is 0. The number of carbonyl (C=O) groups excluding carboxylic acids is 1. The lowest BCUT2D eigenvalue weighted by Gasteiger charge is -2.53. The summed E-state index contributed by atoms with van der Waals surface area (Å²) < 4.78 is 13.9. The standard InChI is InChI=1S/C22H24N2O3/c1-2-26-21(25)17-13-22-9-12-27-18(22)8-11-23-10-7-15-14-5-3-4-6-16(14)24(17)19(15)20(22)23/h3-6,13,18,20H,2,7-12H2,1H3/t18-,20-,22+/m0/s1. The van der Waals surface area contributed by atoms with Crippen LogP contribution in [0, 0.1) is 5.41 Å². The summed E-state index contributed by atoms with van der Waals surface area (Å²) in [5.74, 6) is -0.220. The van der Waals surface area contributed by atoms with Gasteiger partial charge in [0.1, 0.15) is 5.70 Å². The van der Waals surface area contributed by atoms with Gasteiger partial charge in [0.05, 0.1) is 24.3 Å². The van der Waals surface area contributed by atoms with Crippen LogP contribution in [0.15, 0.2) is 30.3 Å². The number of esters is 1. The van der Waals surface area contributed by atoms with Gasteiger partial charge >= 0.3 is 5.97 Å². The van der Waals surface area contributed by atoms with Gasteiger partial charge in [-0.25, -0.2) is 4.79 Å². The van der Waals surface area contributed by atoms with Crippen molar-refractivity contribution in [3.8, 4) is 0 Å². The largest absolute Gasteiger partial charge is 0.461 e. The molecule has 2 saturated heterocycles. The van der Waals surface area contributed by atoms with E-state index in [2.05, 4.69) is 39.8 Å². The lowest BCUT2D eigenvalue weighted by atomic mass is 9.65. The molecule has 1 aromatic heterocycles. The van der Waals surface area contributed by atoms with Crippen molar-refractivity contribution >= 4 is 22.6 Å². The SMILES string of the molecule is CCOC(=O)C1=C[C@]23CCO[C@H]2CCN2CCc4c(n1c1ccccc41)[C@H]23. The van der Waals surface area contributed by atoms with E-state index in [1.165, 1.54) is 16.6 Å². The Labute approximate surface area is 158 Å². The van der Waals surface area contributed by atoms with E-state index in [4.69, 9.17) is 9.47 Å². The van der Waals surface area contributed by atoms with Gasteiger partial charge in [-0.3, -0.25) is 4.90 Å². The molecule has 3 atom stereocenters. The Morgan fingerprint density at radius 2 is 2.22 bits per heavy atom. The Hall–Kier alpha value is -2.11. The number of nitrogens with zero attached hydrogens (tertiary/aromatic N) is 2. The number of hydrogen-bond acceptors (Lipinski definition) is 4. The van der Waals surface area contributed by atoms with Gasteiger partial charge in [-0.15, -0.1) is 0 Å². The van der Waals surface area contributed by atoms with E-state index in [9.17, 15) is 4.79 Å². The van der Waals surface area contributed by atoms with Crippen LogP contribution in [0.3, 0.4) is 0 Å². The van der Waals surface area contributed by atoms with E-state index < -0.39 is 0 Å². The van der Waals surface area contributed by atoms with Crippen molar-refractivity contribution in [2.75, 3.05) is 26.3 Å². The van der Waals surface area contributed by atoms with E-state index in [-0.39, 0.29) is 17.5 Å². The van der Waals surface area contributed by atoms with Crippen molar-refractivity contribution in [1.82, 2.24) is 9.47 Å². The average Bonchev–Trinajstić information content (AvgIpc) is 3.25. The van der Waals surface area contributed by atoms with Gasteiger partial charge in [-0.05, 0) is 43.9 Å². The highest BCUT2D eigenvalue weighted by molar-refractivity contribution is 6.13. The second-order valence-electron chi connectivity index (χ2n) is 8.17. The highest BCUT2D eigenvalue weighted by Crippen LogP contribution is 2.59. The van der Waals surface area contributed by atoms with Crippen LogP contribution in [0.1, 0.15) is 37.1 Å². The third-order valence-corrected chi connectivity index (χ3v) is 7.07. The molecule has 0 radical (unpaired) electrons. The first kappa shape index (κ1) is 15.9. The van der Waals surface area contributed by atoms with Crippen molar-refractivity contribution in [3.05, 3.63) is 41.6 Å². The van der Waals surface area contributed by atoms with Crippen LogP contribution < -0.4 is 0 Å². The molecule has 27 heavy (non-hydrogen) atoms. The molecule has 6 rings (SSSR count). The Balaban J connectivity index is 1.69. The Morgan fingerprint density at radius 3 is 3.11 bits per heavy atom. The Kier molecular flexibility index (Phi) is 3.21. The summed E-state index contributed by atoms with van der Waals surface area (Å²) in [5, 5.41) is 1.28. The van der Waals surface area contributed by atoms with E-state index in [1.54, 1.807) is 0 Å². The van der Waals surface area contributed by atoms with E-state index in [0.717, 1.165) is 44.5 Å². The first-order valence-corrected chi connectivity index (χ1v) is 10.1. The minimum Gasteiger partial charge on any atom is -0.461 e. The summed E-state index contributed by atoms with van der Waals surface area (Å²) >= 11 is 0. The molecule has 0 unspecified atom stereocenters. The number of para-hydroxylation sites is 1. The predicted molar refractivity (Wildman–Crippen MR) is 102 cm³/mol. The summed E-state index contributed by atoms with van der Waals surface area (Å²) in [6, 6.07) is 8.79. The number of rotatable bonds is 2. The molecule has 0 N–H and O–H groups in total. The molecule has 2 aromatic rings. The van der Waals surface area contributed by atoms with Crippen molar-refractivity contribution in [1.29, 1.82) is 0 Å². The van der Waals surface area contributed by atoms with E-state index in [0.29, 0.717) is 18.3 Å². The highest BCUT2D eigenvalue weighted by atomic mass is 16.5. The molecule has 0 aliphatic carbocycles. The monoisotopic (exact) mass is 364 g/mol. The zero-order valence-corrected chi connectivity index (χ0v) is 15.6. The highest BCUT2D eigenvalue weighted by Gasteiger charge is 2.58. The van der Waals surface area contributed by atoms with Crippen LogP contribution in [-0.2, 0) is 20.7 Å². The average molecular weight is 364 g/mol. The van der Waals surface area contributed by atoms with Crippen molar-refractivity contribution in [2.45, 2.75) is 38.3 Å². The summed E-state index contributed by atoms with van der Waals surface area (Å²) in [7, 11) is 0. The Bertz CT molecular complexity index is 991. The van der Waals surface area contributed by atoms with Gasteiger partial charge in [0, 0.05) is 36.2 Å². The van der Waals surface area contributed by atoms with Gasteiger partial charge in [-0.1, -0.05) is 18.2 Å². The molecule has 5 heterocycles. The van der Waals surface area contributed by atoms with Crippen LogP contribution in [0.2, 0.25) is 0 Å². The van der Waals surface area contributed by atoms with Crippen LogP contribution >= 0.6 is 0 Å². The maximum atomic E-state index is 13.0. The summed E-state index contributed by atoms with van der Waals surface area (Å²) in [6.07, 6.45) is 5.47. The van der Waals surface area contributed by atoms with E-state index in [1.807, 2.05) is 6.92 Å². The van der Waals surface area contributed by atoms with E-state index >= 15 is 0 Å². The molecule has 0 amide bonds. The number of fused-ring (bicyclic) bond motifs is 3. The predicted octanol–water partition coefficient (Wildman–Crippen LogP) is 3.14. The fourth-order valence-electron chi connectivity index (χ4n) is 6.09. The quantitative estimate of drug-likeness (QED) is 0.768. The third kappa shape index (κ3) is 1.89. The van der Waals surface area contributed by atoms with Gasteiger partial charge in [0.15, 0.2) is 0 Å². The number of ether oxygens (including phenoxy) is 2. The Morgan fingerprint density at radius 1 is 1.33 bits per heavy atom. The normalized spacial score (nSPS) is 31.4. The van der Waals surface area contributed by atoms with Crippen LogP contribution in [0.25, 0.3) is 16.6 Å². The lowest BCUT2D eigenvalue weighted by molar-refractivity contribution is -0.136. The molecule has 5 heteroatoms. The van der Waals surface area contributed by atoms with Crippen molar-refractivity contribution in [2.24, 2.45) is 5.41 Å². The second-order valence-corrected chi connectivity index (χ2v) is 8.17. The topological polar surface area (TPSA) is 43.7 Å². The summed E-state index contributed by atoms with van der Waals surface area (Å²) in [5.41, 5.74) is 4.42. The smallest absolute Gasteiger partial charge is 0.354 e. The van der Waals surface area contributed by atoms with Gasteiger partial charge in [0.2, 0.25) is 0 Å². The molecule has 4 aliphatic heterocycles. The molecule has 1 aromatic carbocycles. The molecular formula is C22H24N2O3. The molecule has 140 valence electrons. The van der Waals surface area contributed by atoms with Gasteiger partial charge in [-0.2, -0.15) is 0 Å². The minimum atomic E-state index is -0.220. The zero-order chi connectivity index (χ0) is 18.2. The molecule has 1 spiro atoms. The maximum Gasteiger partial charge on any atom is 0.354 e. The number of carbonyl (C=O) groups is 1. The van der Waals surface area contributed by atoms with Crippen molar-refractivity contribution in [3.63, 3.8) is 0 Å². The number of benzene rings is 1. The molecule has 4 aliphatic rings. The lowest BCUT2D eigenvalue weighted by Crippen LogP contribution is -2.55. The minimum absolute atomic E-state index is 0.111.